The number of esters is 1. The molecule has 2 rings (SSSR count). The number of fused-ring (bicyclic) bond motifs is 1. The Bertz CT molecular complexity index is 783. The molecule has 6 nitrogen and oxygen atoms in total. The molecule has 152 valence electrons. The van der Waals surface area contributed by atoms with E-state index in [0.29, 0.717) is 17.8 Å². The Morgan fingerprint density at radius 3 is 2.57 bits per heavy atom. The highest BCUT2D eigenvalue weighted by molar-refractivity contribution is 5.97. The molecule has 0 aliphatic carbocycles. The first kappa shape index (κ1) is 21.7. The van der Waals surface area contributed by atoms with Crippen LogP contribution in [-0.4, -0.2) is 40.7 Å². The standard InChI is InChI=1S/C22H29NO5/c1-5-23-17-11-16-7-6-8-18(24)14(3)19(25)10-9-13(2)15(4)28-22(27)21(16)20(26)12-17/h6-7,9-15,18,23-24,26H,5,8H2,1-4H3/b7-6+,10-9-/t13-,14?,15+,18+/m1/s1. The van der Waals surface area contributed by atoms with Crippen LogP contribution in [-0.2, 0) is 9.53 Å². The first-order chi connectivity index (χ1) is 13.2. The van der Waals surface area contributed by atoms with Crippen LogP contribution in [0.15, 0.2) is 30.4 Å². The Hall–Kier alpha value is -2.60. The molecule has 4 atom stereocenters. The van der Waals surface area contributed by atoms with Crippen molar-refractivity contribution in [3.05, 3.63) is 41.5 Å². The van der Waals surface area contributed by atoms with Gasteiger partial charge in [-0.2, -0.15) is 0 Å². The summed E-state index contributed by atoms with van der Waals surface area (Å²) >= 11 is 0. The summed E-state index contributed by atoms with van der Waals surface area (Å²) < 4.78 is 5.53. The highest BCUT2D eigenvalue weighted by Gasteiger charge is 2.24. The lowest BCUT2D eigenvalue weighted by Crippen LogP contribution is -2.25. The van der Waals surface area contributed by atoms with E-state index in [2.05, 4.69) is 5.32 Å². The third kappa shape index (κ3) is 5.23. The number of nitrogens with one attached hydrogen (secondary N) is 1. The highest BCUT2D eigenvalue weighted by Crippen LogP contribution is 2.30. The Balaban J connectivity index is 2.50. The maximum absolute atomic E-state index is 12.7. The summed E-state index contributed by atoms with van der Waals surface area (Å²) in [6, 6.07) is 3.24. The fourth-order valence-electron chi connectivity index (χ4n) is 2.93. The van der Waals surface area contributed by atoms with E-state index in [1.54, 1.807) is 38.1 Å². The van der Waals surface area contributed by atoms with E-state index in [1.165, 1.54) is 12.1 Å². The number of hydrogen-bond donors (Lipinski definition) is 3. The third-order valence-electron chi connectivity index (χ3n) is 5.03. The van der Waals surface area contributed by atoms with Crippen LogP contribution in [0.2, 0.25) is 0 Å². The summed E-state index contributed by atoms with van der Waals surface area (Å²) in [5.74, 6) is -1.73. The molecule has 0 amide bonds. The minimum atomic E-state index is -0.843. The van der Waals surface area contributed by atoms with Crippen molar-refractivity contribution in [2.75, 3.05) is 11.9 Å². The number of anilines is 1. The van der Waals surface area contributed by atoms with Gasteiger partial charge in [0, 0.05) is 30.1 Å². The van der Waals surface area contributed by atoms with Crippen molar-refractivity contribution in [2.45, 2.75) is 46.3 Å². The molecule has 0 bridgehead atoms. The number of aromatic hydroxyl groups is 1. The van der Waals surface area contributed by atoms with Gasteiger partial charge in [-0.25, -0.2) is 4.79 Å². The van der Waals surface area contributed by atoms with E-state index in [1.807, 2.05) is 13.8 Å². The van der Waals surface area contributed by atoms with Crippen LogP contribution < -0.4 is 5.32 Å². The van der Waals surface area contributed by atoms with Gasteiger partial charge in [0.1, 0.15) is 17.4 Å². The number of phenolic OH excluding ortho intramolecular Hbond substituents is 1. The number of benzene rings is 1. The largest absolute Gasteiger partial charge is 0.507 e. The van der Waals surface area contributed by atoms with Gasteiger partial charge in [0.15, 0.2) is 5.78 Å². The second kappa shape index (κ2) is 9.55. The van der Waals surface area contributed by atoms with Gasteiger partial charge < -0.3 is 20.3 Å². The average molecular weight is 387 g/mol. The summed E-state index contributed by atoms with van der Waals surface area (Å²) in [5.41, 5.74) is 1.24. The number of aliphatic hydroxyl groups is 1. The van der Waals surface area contributed by atoms with Crippen molar-refractivity contribution in [3.63, 3.8) is 0 Å². The van der Waals surface area contributed by atoms with Crippen molar-refractivity contribution in [1.82, 2.24) is 0 Å². The molecule has 0 fully saturated rings. The van der Waals surface area contributed by atoms with Gasteiger partial charge in [-0.15, -0.1) is 0 Å². The van der Waals surface area contributed by atoms with Crippen molar-refractivity contribution in [3.8, 4) is 5.75 Å². The molecule has 1 aromatic carbocycles. The van der Waals surface area contributed by atoms with E-state index in [0.717, 1.165) is 0 Å². The zero-order chi connectivity index (χ0) is 20.8. The summed E-state index contributed by atoms with van der Waals surface area (Å²) in [4.78, 5) is 25.0. The van der Waals surface area contributed by atoms with Crippen LogP contribution in [0, 0.1) is 11.8 Å². The van der Waals surface area contributed by atoms with Crippen LogP contribution in [0.25, 0.3) is 6.08 Å². The highest BCUT2D eigenvalue weighted by atomic mass is 16.5. The van der Waals surface area contributed by atoms with Crippen molar-refractivity contribution >= 4 is 23.5 Å². The van der Waals surface area contributed by atoms with Gasteiger partial charge in [0.25, 0.3) is 0 Å². The predicted molar refractivity (Wildman–Crippen MR) is 109 cm³/mol. The average Bonchev–Trinajstić information content (AvgIpc) is 2.64. The predicted octanol–water partition coefficient (Wildman–Crippen LogP) is 3.54. The molecule has 0 saturated heterocycles. The second-order valence-electron chi connectivity index (χ2n) is 7.22. The molecular weight excluding hydrogens is 358 g/mol. The van der Waals surface area contributed by atoms with Gasteiger partial charge in [-0.3, -0.25) is 4.79 Å². The number of rotatable bonds is 2. The van der Waals surface area contributed by atoms with Gasteiger partial charge in [0.2, 0.25) is 0 Å². The normalized spacial score (nSPS) is 28.6. The SMILES string of the molecule is CCNc1cc(O)c2c(c1)/C=C/C[C@H](O)C(C)C(=O)/C=C\[C@@H](C)[C@H](C)OC2=O. The number of ether oxygens (including phenoxy) is 1. The Labute approximate surface area is 165 Å². The molecule has 6 heteroatoms. The van der Waals surface area contributed by atoms with Crippen LogP contribution in [0.4, 0.5) is 5.69 Å². The van der Waals surface area contributed by atoms with E-state index in [4.69, 9.17) is 4.74 Å². The van der Waals surface area contributed by atoms with Crippen molar-refractivity contribution < 1.29 is 24.5 Å². The number of hydrogen-bond acceptors (Lipinski definition) is 6. The Kier molecular flexibility index (Phi) is 7.40. The third-order valence-corrected chi connectivity index (χ3v) is 5.03. The van der Waals surface area contributed by atoms with Crippen LogP contribution in [0.1, 0.15) is 50.0 Å². The summed E-state index contributed by atoms with van der Waals surface area (Å²) in [5, 5.41) is 23.9. The fourth-order valence-corrected chi connectivity index (χ4v) is 2.93. The lowest BCUT2D eigenvalue weighted by molar-refractivity contribution is -0.120. The van der Waals surface area contributed by atoms with Gasteiger partial charge in [0.05, 0.1) is 6.10 Å². The molecule has 1 aliphatic rings. The molecule has 1 unspecified atom stereocenters. The molecule has 0 saturated carbocycles. The smallest absolute Gasteiger partial charge is 0.342 e. The fraction of sp³-hybridized carbons (Fsp3) is 0.455. The summed E-state index contributed by atoms with van der Waals surface area (Å²) in [7, 11) is 0. The molecule has 1 heterocycles. The topological polar surface area (TPSA) is 95.9 Å². The van der Waals surface area contributed by atoms with Gasteiger partial charge >= 0.3 is 5.97 Å². The van der Waals surface area contributed by atoms with Crippen LogP contribution in [0.3, 0.4) is 0 Å². The first-order valence-electron chi connectivity index (χ1n) is 9.63. The van der Waals surface area contributed by atoms with Crippen molar-refractivity contribution in [1.29, 1.82) is 0 Å². The van der Waals surface area contributed by atoms with E-state index >= 15 is 0 Å². The Morgan fingerprint density at radius 2 is 1.89 bits per heavy atom. The van der Waals surface area contributed by atoms with Crippen LogP contribution >= 0.6 is 0 Å². The van der Waals surface area contributed by atoms with E-state index in [9.17, 15) is 19.8 Å². The quantitative estimate of drug-likeness (QED) is 0.672. The lowest BCUT2D eigenvalue weighted by atomic mass is 9.94. The summed E-state index contributed by atoms with van der Waals surface area (Å²) in [6.07, 6.45) is 5.37. The molecule has 28 heavy (non-hydrogen) atoms. The Morgan fingerprint density at radius 1 is 1.18 bits per heavy atom. The number of aliphatic hydroxyl groups excluding tert-OH is 1. The first-order valence-corrected chi connectivity index (χ1v) is 9.63. The zero-order valence-corrected chi connectivity index (χ0v) is 16.8. The summed E-state index contributed by atoms with van der Waals surface area (Å²) in [6.45, 7) is 7.85. The maximum atomic E-state index is 12.7. The molecule has 0 spiro atoms. The van der Waals surface area contributed by atoms with Crippen LogP contribution in [0.5, 0.6) is 5.75 Å². The minimum Gasteiger partial charge on any atom is -0.507 e. The monoisotopic (exact) mass is 387 g/mol. The van der Waals surface area contributed by atoms with E-state index < -0.39 is 24.1 Å². The molecule has 0 radical (unpaired) electrons. The van der Waals surface area contributed by atoms with Gasteiger partial charge in [-0.05, 0) is 38.0 Å². The number of cyclic esters (lactones) is 1. The minimum absolute atomic E-state index is 0.0802. The molecular formula is C22H29NO5. The molecule has 3 N–H and O–H groups in total. The molecule has 1 aromatic rings. The van der Waals surface area contributed by atoms with Crippen molar-refractivity contribution in [2.24, 2.45) is 11.8 Å². The number of allylic oxidation sites excluding steroid dienone is 1. The van der Waals surface area contributed by atoms with E-state index in [-0.39, 0.29) is 29.4 Å². The molecule has 0 aromatic heterocycles. The number of carbonyl (C=O) groups is 2. The number of ketones is 1. The zero-order valence-electron chi connectivity index (χ0n) is 16.8. The van der Waals surface area contributed by atoms with Gasteiger partial charge in [-0.1, -0.05) is 32.1 Å². The number of phenols is 1. The number of carbonyl (C=O) groups excluding carboxylic acids is 2. The second-order valence-corrected chi connectivity index (χ2v) is 7.22. The maximum Gasteiger partial charge on any atom is 0.342 e. The lowest BCUT2D eigenvalue weighted by Gasteiger charge is -2.20. The molecule has 1 aliphatic heterocycles.